The van der Waals surface area contributed by atoms with Gasteiger partial charge in [-0.15, -0.1) is 0 Å². The number of hydrogen-bond acceptors (Lipinski definition) is 4. The highest BCUT2D eigenvalue weighted by atomic mass is 16.5. The van der Waals surface area contributed by atoms with Crippen LogP contribution in [0, 0.1) is 17.2 Å². The van der Waals surface area contributed by atoms with Crippen molar-refractivity contribution >= 4 is 0 Å². The molecule has 20 heavy (non-hydrogen) atoms. The Morgan fingerprint density at radius 2 is 2.25 bits per heavy atom. The summed E-state index contributed by atoms with van der Waals surface area (Å²) in [6.45, 7) is 5.11. The van der Waals surface area contributed by atoms with Crippen LogP contribution in [0.5, 0.6) is 5.75 Å². The van der Waals surface area contributed by atoms with Gasteiger partial charge in [0.1, 0.15) is 11.8 Å². The van der Waals surface area contributed by atoms with E-state index in [9.17, 15) is 0 Å². The summed E-state index contributed by atoms with van der Waals surface area (Å²) in [5, 5.41) is 12.0. The number of nitriles is 1. The summed E-state index contributed by atoms with van der Waals surface area (Å²) in [4.78, 5) is 0. The van der Waals surface area contributed by atoms with Gasteiger partial charge in [0, 0.05) is 19.3 Å². The van der Waals surface area contributed by atoms with Gasteiger partial charge in [0.05, 0.1) is 0 Å². The SMILES string of the molecule is CC(NCCC1CCOC1)c1ccc(OCC#N)cc1. The number of nitrogens with one attached hydrogen (secondary N) is 1. The zero-order chi connectivity index (χ0) is 14.2. The van der Waals surface area contributed by atoms with Crippen molar-refractivity contribution in [2.24, 2.45) is 5.92 Å². The van der Waals surface area contributed by atoms with E-state index in [1.807, 2.05) is 30.3 Å². The van der Waals surface area contributed by atoms with Gasteiger partial charge in [-0.2, -0.15) is 5.26 Å². The molecule has 4 nitrogen and oxygen atoms in total. The first kappa shape index (κ1) is 14.8. The summed E-state index contributed by atoms with van der Waals surface area (Å²) in [6, 6.07) is 10.2. The molecular formula is C16H22N2O2. The fourth-order valence-corrected chi connectivity index (χ4v) is 2.40. The molecule has 2 unspecified atom stereocenters. The molecule has 1 fully saturated rings. The van der Waals surface area contributed by atoms with Gasteiger partial charge in [-0.05, 0) is 49.9 Å². The second-order valence-electron chi connectivity index (χ2n) is 5.21. The summed E-state index contributed by atoms with van der Waals surface area (Å²) in [5.41, 5.74) is 1.23. The first-order valence-corrected chi connectivity index (χ1v) is 7.20. The van der Waals surface area contributed by atoms with E-state index in [0.717, 1.165) is 31.4 Å². The van der Waals surface area contributed by atoms with Crippen LogP contribution in [-0.4, -0.2) is 26.4 Å². The minimum Gasteiger partial charge on any atom is -0.479 e. The maximum absolute atomic E-state index is 8.46. The van der Waals surface area contributed by atoms with Gasteiger partial charge in [0.15, 0.2) is 6.61 Å². The van der Waals surface area contributed by atoms with E-state index < -0.39 is 0 Å². The van der Waals surface area contributed by atoms with Crippen LogP contribution in [0.4, 0.5) is 0 Å². The van der Waals surface area contributed by atoms with E-state index in [2.05, 4.69) is 12.2 Å². The van der Waals surface area contributed by atoms with E-state index in [0.29, 0.717) is 6.04 Å². The molecule has 1 aromatic rings. The molecule has 0 spiro atoms. The molecule has 1 heterocycles. The molecule has 2 atom stereocenters. The van der Waals surface area contributed by atoms with Crippen molar-refractivity contribution in [2.75, 3.05) is 26.4 Å². The maximum Gasteiger partial charge on any atom is 0.174 e. The van der Waals surface area contributed by atoms with E-state index in [-0.39, 0.29) is 6.61 Å². The van der Waals surface area contributed by atoms with E-state index in [4.69, 9.17) is 14.7 Å². The Hall–Kier alpha value is -1.57. The maximum atomic E-state index is 8.46. The molecule has 108 valence electrons. The second-order valence-corrected chi connectivity index (χ2v) is 5.21. The summed E-state index contributed by atoms with van der Waals surface area (Å²) >= 11 is 0. The molecule has 4 heteroatoms. The quantitative estimate of drug-likeness (QED) is 0.830. The molecule has 0 saturated carbocycles. The number of ether oxygens (including phenoxy) is 2. The summed E-state index contributed by atoms with van der Waals surface area (Å²) in [7, 11) is 0. The van der Waals surface area contributed by atoms with Crippen LogP contribution >= 0.6 is 0 Å². The molecule has 1 aliphatic heterocycles. The standard InChI is InChI=1S/C16H22N2O2/c1-13(18-9-6-14-7-10-19-12-14)15-2-4-16(5-3-15)20-11-8-17/h2-5,13-14,18H,6-7,9-12H2,1H3. The fraction of sp³-hybridized carbons (Fsp3) is 0.562. The molecule has 0 bridgehead atoms. The Morgan fingerprint density at radius 3 is 2.90 bits per heavy atom. The molecule has 1 aliphatic rings. The Bertz CT molecular complexity index is 433. The molecule has 1 N–H and O–H groups in total. The Balaban J connectivity index is 1.73. The summed E-state index contributed by atoms with van der Waals surface area (Å²) in [5.74, 6) is 1.46. The fourth-order valence-electron chi connectivity index (χ4n) is 2.40. The third-order valence-electron chi connectivity index (χ3n) is 3.71. The summed E-state index contributed by atoms with van der Waals surface area (Å²) < 4.78 is 10.6. The van der Waals surface area contributed by atoms with Crippen molar-refractivity contribution in [1.29, 1.82) is 5.26 Å². The Labute approximate surface area is 120 Å². The Morgan fingerprint density at radius 1 is 1.45 bits per heavy atom. The van der Waals surface area contributed by atoms with Crippen LogP contribution in [0.2, 0.25) is 0 Å². The smallest absolute Gasteiger partial charge is 0.174 e. The van der Waals surface area contributed by atoms with Gasteiger partial charge in [-0.3, -0.25) is 0 Å². The number of rotatable bonds is 7. The second kappa shape index (κ2) is 7.88. The Kier molecular flexibility index (Phi) is 5.85. The van der Waals surface area contributed by atoms with Crippen LogP contribution in [0.3, 0.4) is 0 Å². The molecule has 0 amide bonds. The monoisotopic (exact) mass is 274 g/mol. The lowest BCUT2D eigenvalue weighted by molar-refractivity contribution is 0.184. The van der Waals surface area contributed by atoms with E-state index in [1.165, 1.54) is 18.4 Å². The van der Waals surface area contributed by atoms with Crippen LogP contribution in [0.25, 0.3) is 0 Å². The first-order valence-electron chi connectivity index (χ1n) is 7.20. The number of nitrogens with zero attached hydrogens (tertiary/aromatic N) is 1. The van der Waals surface area contributed by atoms with Crippen LogP contribution in [0.15, 0.2) is 24.3 Å². The van der Waals surface area contributed by atoms with Gasteiger partial charge in [0.2, 0.25) is 0 Å². The molecule has 2 rings (SSSR count). The van der Waals surface area contributed by atoms with Crippen LogP contribution in [-0.2, 0) is 4.74 Å². The van der Waals surface area contributed by atoms with Gasteiger partial charge < -0.3 is 14.8 Å². The van der Waals surface area contributed by atoms with E-state index >= 15 is 0 Å². The van der Waals surface area contributed by atoms with Gasteiger partial charge in [-0.25, -0.2) is 0 Å². The van der Waals surface area contributed by atoms with Crippen molar-refractivity contribution < 1.29 is 9.47 Å². The molecular weight excluding hydrogens is 252 g/mol. The van der Waals surface area contributed by atoms with Gasteiger partial charge in [0.25, 0.3) is 0 Å². The van der Waals surface area contributed by atoms with Crippen molar-refractivity contribution in [1.82, 2.24) is 5.32 Å². The first-order chi connectivity index (χ1) is 9.79. The molecule has 1 aromatic carbocycles. The third kappa shape index (κ3) is 4.52. The predicted molar refractivity (Wildman–Crippen MR) is 77.5 cm³/mol. The zero-order valence-corrected chi connectivity index (χ0v) is 12.0. The van der Waals surface area contributed by atoms with Crippen molar-refractivity contribution in [3.63, 3.8) is 0 Å². The normalized spacial score (nSPS) is 19.5. The van der Waals surface area contributed by atoms with E-state index in [1.54, 1.807) is 0 Å². The lowest BCUT2D eigenvalue weighted by Gasteiger charge is -2.16. The van der Waals surface area contributed by atoms with Crippen molar-refractivity contribution in [3.8, 4) is 11.8 Å². The molecule has 0 radical (unpaired) electrons. The average Bonchev–Trinajstić information content (AvgIpc) is 2.99. The highest BCUT2D eigenvalue weighted by Gasteiger charge is 2.15. The van der Waals surface area contributed by atoms with Crippen LogP contribution < -0.4 is 10.1 Å². The highest BCUT2D eigenvalue weighted by molar-refractivity contribution is 5.29. The topological polar surface area (TPSA) is 54.3 Å². The third-order valence-corrected chi connectivity index (χ3v) is 3.71. The highest BCUT2D eigenvalue weighted by Crippen LogP contribution is 2.19. The predicted octanol–water partition coefficient (Wildman–Crippen LogP) is 2.67. The van der Waals surface area contributed by atoms with Crippen molar-refractivity contribution in [2.45, 2.75) is 25.8 Å². The molecule has 0 aliphatic carbocycles. The van der Waals surface area contributed by atoms with Gasteiger partial charge >= 0.3 is 0 Å². The van der Waals surface area contributed by atoms with Crippen molar-refractivity contribution in [3.05, 3.63) is 29.8 Å². The van der Waals surface area contributed by atoms with Gasteiger partial charge in [-0.1, -0.05) is 12.1 Å². The number of benzene rings is 1. The number of hydrogen-bond donors (Lipinski definition) is 1. The largest absolute Gasteiger partial charge is 0.479 e. The molecule has 0 aromatic heterocycles. The zero-order valence-electron chi connectivity index (χ0n) is 12.0. The molecule has 1 saturated heterocycles. The minimum atomic E-state index is 0.0939. The average molecular weight is 274 g/mol. The summed E-state index contributed by atoms with van der Waals surface area (Å²) in [6.07, 6.45) is 2.37. The lowest BCUT2D eigenvalue weighted by Crippen LogP contribution is -2.22. The lowest BCUT2D eigenvalue weighted by atomic mass is 10.0. The van der Waals surface area contributed by atoms with Crippen LogP contribution in [0.1, 0.15) is 31.4 Å². The minimum absolute atomic E-state index is 0.0939.